The lowest BCUT2D eigenvalue weighted by molar-refractivity contribution is -0.115. The van der Waals surface area contributed by atoms with E-state index in [1.165, 1.54) is 0 Å². The third-order valence-electron chi connectivity index (χ3n) is 3.59. The number of carbonyl (C=O) groups excluding carboxylic acids is 1. The van der Waals surface area contributed by atoms with Gasteiger partial charge >= 0.3 is 0 Å². The Hall–Kier alpha value is -2.17. The number of hydrogen-bond acceptors (Lipinski definition) is 3. The Balaban J connectivity index is 2.08. The molecule has 2 heterocycles. The van der Waals surface area contributed by atoms with Crippen molar-refractivity contribution in [3.63, 3.8) is 0 Å². The van der Waals surface area contributed by atoms with E-state index in [2.05, 4.69) is 29.2 Å². The van der Waals surface area contributed by atoms with Gasteiger partial charge in [0, 0.05) is 24.0 Å². The summed E-state index contributed by atoms with van der Waals surface area (Å²) in [6, 6.07) is 3.74. The zero-order chi connectivity index (χ0) is 16.3. The van der Waals surface area contributed by atoms with Crippen LogP contribution in [0.25, 0.3) is 0 Å². The summed E-state index contributed by atoms with van der Waals surface area (Å²) in [4.78, 5) is 16.4. The minimum atomic E-state index is -0.0633. The number of rotatable bonds is 5. The second-order valence-corrected chi connectivity index (χ2v) is 6.17. The normalized spacial score (nSPS) is 11.0. The van der Waals surface area contributed by atoms with Gasteiger partial charge in [0.15, 0.2) is 0 Å². The van der Waals surface area contributed by atoms with E-state index in [1.807, 2.05) is 37.6 Å². The van der Waals surface area contributed by atoms with E-state index < -0.39 is 0 Å². The minimum Gasteiger partial charge on any atom is -0.310 e. The van der Waals surface area contributed by atoms with E-state index >= 15 is 0 Å². The van der Waals surface area contributed by atoms with Gasteiger partial charge in [-0.15, -0.1) is 0 Å². The van der Waals surface area contributed by atoms with Gasteiger partial charge in [-0.3, -0.25) is 9.48 Å². The molecule has 2 aromatic rings. The fourth-order valence-corrected chi connectivity index (χ4v) is 2.40. The van der Waals surface area contributed by atoms with Crippen molar-refractivity contribution in [3.8, 4) is 0 Å². The number of nitrogens with zero attached hydrogens (tertiary/aromatic N) is 3. The molecule has 0 aliphatic heterocycles. The summed E-state index contributed by atoms with van der Waals surface area (Å²) in [6.45, 7) is 11.1. The van der Waals surface area contributed by atoms with E-state index in [1.54, 1.807) is 6.20 Å². The summed E-state index contributed by atoms with van der Waals surface area (Å²) >= 11 is 0. The highest BCUT2D eigenvalue weighted by atomic mass is 16.1. The Morgan fingerprint density at radius 2 is 2.00 bits per heavy atom. The third-order valence-corrected chi connectivity index (χ3v) is 3.59. The highest BCUT2D eigenvalue weighted by molar-refractivity contribution is 5.91. The molecule has 0 bridgehead atoms. The van der Waals surface area contributed by atoms with Gasteiger partial charge in [-0.05, 0) is 38.3 Å². The Morgan fingerprint density at radius 3 is 2.59 bits per heavy atom. The fraction of sp³-hybridized carbons (Fsp3) is 0.471. The predicted octanol–water partition coefficient (Wildman–Crippen LogP) is 3.04. The van der Waals surface area contributed by atoms with Crippen molar-refractivity contribution in [1.29, 1.82) is 0 Å². The first-order valence-corrected chi connectivity index (χ1v) is 7.62. The van der Waals surface area contributed by atoms with Crippen LogP contribution in [0.1, 0.15) is 36.4 Å². The smallest absolute Gasteiger partial charge is 0.230 e. The molecule has 0 fully saturated rings. The molecule has 0 aromatic carbocycles. The molecule has 1 amide bonds. The molecule has 0 radical (unpaired) electrons. The Labute approximate surface area is 131 Å². The summed E-state index contributed by atoms with van der Waals surface area (Å²) in [6.07, 6.45) is 2.07. The van der Waals surface area contributed by atoms with Crippen LogP contribution in [0.4, 0.5) is 5.82 Å². The number of carbonyl (C=O) groups is 1. The molecular weight excluding hydrogens is 276 g/mol. The number of anilines is 1. The van der Waals surface area contributed by atoms with Crippen molar-refractivity contribution in [2.75, 3.05) is 5.32 Å². The molecular formula is C17H24N4O. The number of nitrogens with one attached hydrogen (secondary N) is 1. The van der Waals surface area contributed by atoms with E-state index in [9.17, 15) is 4.79 Å². The summed E-state index contributed by atoms with van der Waals surface area (Å²) in [7, 11) is 0. The van der Waals surface area contributed by atoms with E-state index in [4.69, 9.17) is 0 Å². The lowest BCUT2D eigenvalue weighted by Gasteiger charge is -2.08. The highest BCUT2D eigenvalue weighted by Crippen LogP contribution is 2.16. The lowest BCUT2D eigenvalue weighted by Crippen LogP contribution is -2.16. The summed E-state index contributed by atoms with van der Waals surface area (Å²) in [5, 5.41) is 7.38. The SMILES string of the molecule is Cc1ccc(NC(=O)Cc2c(C)nn(CC(C)C)c2C)nc1. The van der Waals surface area contributed by atoms with Gasteiger partial charge in [-0.2, -0.15) is 5.10 Å². The first-order valence-electron chi connectivity index (χ1n) is 7.62. The molecule has 1 N–H and O–H groups in total. The van der Waals surface area contributed by atoms with Crippen molar-refractivity contribution < 1.29 is 4.79 Å². The van der Waals surface area contributed by atoms with Crippen LogP contribution in [-0.4, -0.2) is 20.7 Å². The zero-order valence-corrected chi connectivity index (χ0v) is 14.0. The molecule has 118 valence electrons. The fourth-order valence-electron chi connectivity index (χ4n) is 2.40. The first-order chi connectivity index (χ1) is 10.4. The van der Waals surface area contributed by atoms with Crippen molar-refractivity contribution >= 4 is 11.7 Å². The van der Waals surface area contributed by atoms with Gasteiger partial charge in [-0.1, -0.05) is 19.9 Å². The molecule has 0 unspecified atom stereocenters. The van der Waals surface area contributed by atoms with Crippen molar-refractivity contribution in [3.05, 3.63) is 40.8 Å². The molecule has 0 aliphatic carbocycles. The lowest BCUT2D eigenvalue weighted by atomic mass is 10.1. The molecule has 2 rings (SSSR count). The van der Waals surface area contributed by atoms with Crippen LogP contribution in [0.5, 0.6) is 0 Å². The Morgan fingerprint density at radius 1 is 1.27 bits per heavy atom. The largest absolute Gasteiger partial charge is 0.310 e. The average Bonchev–Trinajstić information content (AvgIpc) is 2.68. The topological polar surface area (TPSA) is 59.8 Å². The van der Waals surface area contributed by atoms with Gasteiger partial charge in [0.1, 0.15) is 5.82 Å². The second-order valence-electron chi connectivity index (χ2n) is 6.17. The molecule has 0 spiro atoms. The third kappa shape index (κ3) is 3.93. The maximum absolute atomic E-state index is 12.2. The number of aromatic nitrogens is 3. The van der Waals surface area contributed by atoms with Crippen LogP contribution >= 0.6 is 0 Å². The van der Waals surface area contributed by atoms with Gasteiger partial charge in [0.05, 0.1) is 12.1 Å². The highest BCUT2D eigenvalue weighted by Gasteiger charge is 2.15. The molecule has 0 aliphatic rings. The summed E-state index contributed by atoms with van der Waals surface area (Å²) < 4.78 is 1.99. The second kappa shape index (κ2) is 6.73. The Bertz CT molecular complexity index is 656. The average molecular weight is 300 g/mol. The van der Waals surface area contributed by atoms with Crippen LogP contribution in [0.15, 0.2) is 18.3 Å². The summed E-state index contributed by atoms with van der Waals surface area (Å²) in [5.41, 5.74) is 4.06. The van der Waals surface area contributed by atoms with Crippen LogP contribution in [0.3, 0.4) is 0 Å². The molecule has 5 nitrogen and oxygen atoms in total. The van der Waals surface area contributed by atoms with Gasteiger partial charge < -0.3 is 5.32 Å². The number of pyridine rings is 1. The van der Waals surface area contributed by atoms with Gasteiger partial charge in [0.25, 0.3) is 0 Å². The molecule has 0 saturated carbocycles. The van der Waals surface area contributed by atoms with Crippen LogP contribution in [-0.2, 0) is 17.8 Å². The van der Waals surface area contributed by atoms with E-state index in [-0.39, 0.29) is 5.91 Å². The zero-order valence-electron chi connectivity index (χ0n) is 14.0. The summed E-state index contributed by atoms with van der Waals surface area (Å²) in [5.74, 6) is 1.04. The quantitative estimate of drug-likeness (QED) is 0.923. The minimum absolute atomic E-state index is 0.0633. The molecule has 22 heavy (non-hydrogen) atoms. The van der Waals surface area contributed by atoms with Crippen LogP contribution in [0.2, 0.25) is 0 Å². The van der Waals surface area contributed by atoms with Crippen molar-refractivity contribution in [1.82, 2.24) is 14.8 Å². The van der Waals surface area contributed by atoms with Crippen LogP contribution in [0, 0.1) is 26.7 Å². The maximum Gasteiger partial charge on any atom is 0.230 e. The predicted molar refractivity (Wildman–Crippen MR) is 87.8 cm³/mol. The van der Waals surface area contributed by atoms with E-state index in [0.717, 1.165) is 29.1 Å². The van der Waals surface area contributed by atoms with Gasteiger partial charge in [0.2, 0.25) is 5.91 Å². The maximum atomic E-state index is 12.2. The molecule has 0 atom stereocenters. The van der Waals surface area contributed by atoms with Crippen molar-refractivity contribution in [2.45, 2.75) is 47.6 Å². The molecule has 5 heteroatoms. The Kier molecular flexibility index (Phi) is 4.96. The molecule has 2 aromatic heterocycles. The number of hydrogen-bond donors (Lipinski definition) is 1. The number of amides is 1. The standard InChI is InChI=1S/C17H24N4O/c1-11(2)10-21-14(5)15(13(4)20-21)8-17(22)19-16-7-6-12(3)9-18-16/h6-7,9,11H,8,10H2,1-5H3,(H,18,19,22). The van der Waals surface area contributed by atoms with Gasteiger partial charge in [-0.25, -0.2) is 4.98 Å². The van der Waals surface area contributed by atoms with Crippen molar-refractivity contribution in [2.24, 2.45) is 5.92 Å². The van der Waals surface area contributed by atoms with E-state index in [0.29, 0.717) is 18.2 Å². The monoisotopic (exact) mass is 300 g/mol. The molecule has 0 saturated heterocycles. The first kappa shape index (κ1) is 16.2. The number of aryl methyl sites for hydroxylation is 2. The van der Waals surface area contributed by atoms with Crippen LogP contribution < -0.4 is 5.32 Å².